The minimum atomic E-state index is -3.87. The predicted molar refractivity (Wildman–Crippen MR) is 78.6 cm³/mol. The van der Waals surface area contributed by atoms with Crippen LogP contribution in [0.25, 0.3) is 0 Å². The number of hydrogen-bond acceptors (Lipinski definition) is 3. The lowest BCUT2D eigenvalue weighted by Crippen LogP contribution is -2.37. The molecular formula is C15H22FNO3S. The molecule has 21 heavy (non-hydrogen) atoms. The number of nitrogens with one attached hydrogen (secondary N) is 1. The van der Waals surface area contributed by atoms with Crippen molar-refractivity contribution >= 4 is 10.0 Å². The van der Waals surface area contributed by atoms with E-state index in [1.165, 1.54) is 12.1 Å². The van der Waals surface area contributed by atoms with Crippen molar-refractivity contribution < 1.29 is 17.9 Å². The van der Waals surface area contributed by atoms with Gasteiger partial charge < -0.3 is 5.11 Å². The van der Waals surface area contributed by atoms with Crippen molar-refractivity contribution in [3.63, 3.8) is 0 Å². The molecule has 3 atom stereocenters. The van der Waals surface area contributed by atoms with Gasteiger partial charge >= 0.3 is 0 Å². The van der Waals surface area contributed by atoms with Gasteiger partial charge in [-0.1, -0.05) is 26.3 Å². The van der Waals surface area contributed by atoms with Gasteiger partial charge in [0.05, 0.1) is 6.61 Å². The summed E-state index contributed by atoms with van der Waals surface area (Å²) in [6.45, 7) is 3.83. The highest BCUT2D eigenvalue weighted by atomic mass is 32.2. The number of hydrogen-bond donors (Lipinski definition) is 2. The molecule has 1 aliphatic carbocycles. The van der Waals surface area contributed by atoms with Crippen LogP contribution in [0, 0.1) is 17.7 Å². The van der Waals surface area contributed by atoms with E-state index in [1.807, 2.05) is 6.92 Å². The molecule has 1 fully saturated rings. The maximum absolute atomic E-state index is 13.9. The average Bonchev–Trinajstić information content (AvgIpc) is 2.78. The highest BCUT2D eigenvalue weighted by molar-refractivity contribution is 7.89. The maximum atomic E-state index is 13.9. The molecule has 0 bridgehead atoms. The third kappa shape index (κ3) is 3.44. The first-order valence-electron chi connectivity index (χ1n) is 7.30. The van der Waals surface area contributed by atoms with E-state index in [0.29, 0.717) is 11.5 Å². The van der Waals surface area contributed by atoms with Crippen molar-refractivity contribution in [3.8, 4) is 0 Å². The predicted octanol–water partition coefficient (Wildman–Crippen LogP) is 2.42. The van der Waals surface area contributed by atoms with Crippen LogP contribution in [0.5, 0.6) is 0 Å². The lowest BCUT2D eigenvalue weighted by Gasteiger charge is -2.21. The van der Waals surface area contributed by atoms with Gasteiger partial charge in [-0.15, -0.1) is 0 Å². The van der Waals surface area contributed by atoms with E-state index in [1.54, 1.807) is 0 Å². The lowest BCUT2D eigenvalue weighted by atomic mass is 9.94. The van der Waals surface area contributed by atoms with Crippen LogP contribution in [0.2, 0.25) is 0 Å². The molecule has 0 saturated heterocycles. The maximum Gasteiger partial charge on any atom is 0.243 e. The fraction of sp³-hybridized carbons (Fsp3) is 0.600. The fourth-order valence-corrected chi connectivity index (χ4v) is 4.53. The summed E-state index contributed by atoms with van der Waals surface area (Å²) < 4.78 is 41.2. The lowest BCUT2D eigenvalue weighted by molar-refractivity contribution is 0.281. The van der Waals surface area contributed by atoms with Gasteiger partial charge in [-0.25, -0.2) is 17.5 Å². The zero-order valence-electron chi connectivity index (χ0n) is 12.3. The fourth-order valence-electron chi connectivity index (χ4n) is 3.11. The van der Waals surface area contributed by atoms with Crippen LogP contribution in [0.4, 0.5) is 4.39 Å². The Morgan fingerprint density at radius 2 is 2.10 bits per heavy atom. The molecule has 4 nitrogen and oxygen atoms in total. The van der Waals surface area contributed by atoms with Crippen LogP contribution >= 0.6 is 0 Å². The first-order chi connectivity index (χ1) is 9.89. The molecule has 1 aromatic rings. The summed E-state index contributed by atoms with van der Waals surface area (Å²) in [5.74, 6) is -0.0596. The van der Waals surface area contributed by atoms with E-state index in [0.717, 1.165) is 25.3 Å². The third-order valence-corrected chi connectivity index (χ3v) is 6.05. The number of rotatable bonds is 5. The van der Waals surface area contributed by atoms with Crippen molar-refractivity contribution in [2.75, 3.05) is 0 Å². The molecule has 0 heterocycles. The number of sulfonamides is 1. The molecular weight excluding hydrogens is 293 g/mol. The normalized spacial score (nSPS) is 26.2. The zero-order valence-corrected chi connectivity index (χ0v) is 13.2. The van der Waals surface area contributed by atoms with Gasteiger partial charge in [0.25, 0.3) is 0 Å². The standard InChI is InChI=1S/C15H22FNO3S/c1-3-12-5-6-14(10(12)2)17-21(19,20)15-7-4-11(9-18)8-13(15)16/h4,7-8,10,12,14,17-18H,3,5-6,9H2,1-2H3. The molecule has 2 N–H and O–H groups in total. The van der Waals surface area contributed by atoms with E-state index in [2.05, 4.69) is 11.6 Å². The Morgan fingerprint density at radius 3 is 2.62 bits per heavy atom. The first-order valence-corrected chi connectivity index (χ1v) is 8.79. The second-order valence-corrected chi connectivity index (χ2v) is 7.44. The van der Waals surface area contributed by atoms with Gasteiger partial charge in [-0.2, -0.15) is 0 Å². The molecule has 0 aromatic heterocycles. The van der Waals surface area contributed by atoms with Gasteiger partial charge in [0.2, 0.25) is 10.0 Å². The van der Waals surface area contributed by atoms with E-state index in [9.17, 15) is 12.8 Å². The number of aliphatic hydroxyl groups excluding tert-OH is 1. The number of benzene rings is 1. The van der Waals surface area contributed by atoms with E-state index in [-0.39, 0.29) is 23.5 Å². The van der Waals surface area contributed by atoms with Crippen molar-refractivity contribution in [1.82, 2.24) is 4.72 Å². The molecule has 0 amide bonds. The second kappa shape index (κ2) is 6.42. The highest BCUT2D eigenvalue weighted by Crippen LogP contribution is 2.34. The number of halogens is 1. The molecule has 1 aliphatic rings. The largest absolute Gasteiger partial charge is 0.392 e. The quantitative estimate of drug-likeness (QED) is 0.877. The van der Waals surface area contributed by atoms with Gasteiger partial charge in [-0.3, -0.25) is 0 Å². The van der Waals surface area contributed by atoms with Crippen LogP contribution in [-0.4, -0.2) is 19.6 Å². The minimum absolute atomic E-state index is 0.142. The molecule has 1 saturated carbocycles. The number of aliphatic hydroxyl groups is 1. The van der Waals surface area contributed by atoms with Crippen LogP contribution in [-0.2, 0) is 16.6 Å². The highest BCUT2D eigenvalue weighted by Gasteiger charge is 2.35. The van der Waals surface area contributed by atoms with Crippen LogP contribution in [0.1, 0.15) is 38.7 Å². The van der Waals surface area contributed by atoms with E-state index >= 15 is 0 Å². The summed E-state index contributed by atoms with van der Waals surface area (Å²) in [6, 6.07) is 3.54. The second-order valence-electron chi connectivity index (χ2n) is 5.76. The van der Waals surface area contributed by atoms with Crippen molar-refractivity contribution in [2.24, 2.45) is 11.8 Å². The zero-order chi connectivity index (χ0) is 15.6. The Bertz CT molecular complexity index is 603. The SMILES string of the molecule is CCC1CCC(NS(=O)(=O)c2ccc(CO)cc2F)C1C. The van der Waals surface area contributed by atoms with Crippen LogP contribution in [0.3, 0.4) is 0 Å². The summed E-state index contributed by atoms with van der Waals surface area (Å²) in [7, 11) is -3.87. The van der Waals surface area contributed by atoms with Crippen LogP contribution in [0.15, 0.2) is 23.1 Å². The monoisotopic (exact) mass is 315 g/mol. The van der Waals surface area contributed by atoms with Crippen molar-refractivity contribution in [2.45, 2.75) is 50.7 Å². The molecule has 2 rings (SSSR count). The van der Waals surface area contributed by atoms with E-state index in [4.69, 9.17) is 5.11 Å². The topological polar surface area (TPSA) is 66.4 Å². The first kappa shape index (κ1) is 16.4. The van der Waals surface area contributed by atoms with Crippen LogP contribution < -0.4 is 4.72 Å². The molecule has 3 unspecified atom stereocenters. The molecule has 118 valence electrons. The molecule has 1 aromatic carbocycles. The smallest absolute Gasteiger partial charge is 0.243 e. The Morgan fingerprint density at radius 1 is 1.38 bits per heavy atom. The summed E-state index contributed by atoms with van der Waals surface area (Å²) in [6.07, 6.45) is 2.81. The Labute approximate surface area is 125 Å². The third-order valence-electron chi connectivity index (χ3n) is 4.53. The van der Waals surface area contributed by atoms with Crippen molar-refractivity contribution in [3.05, 3.63) is 29.6 Å². The molecule has 6 heteroatoms. The molecule has 0 spiro atoms. The summed E-state index contributed by atoms with van der Waals surface area (Å²) in [5.41, 5.74) is 0.353. The van der Waals surface area contributed by atoms with Gasteiger partial charge in [-0.05, 0) is 42.4 Å². The Hall–Kier alpha value is -0.980. The average molecular weight is 315 g/mol. The van der Waals surface area contributed by atoms with Crippen molar-refractivity contribution in [1.29, 1.82) is 0 Å². The van der Waals surface area contributed by atoms with E-state index < -0.39 is 15.8 Å². The molecule has 0 aliphatic heterocycles. The van der Waals surface area contributed by atoms with Gasteiger partial charge in [0.1, 0.15) is 10.7 Å². The summed E-state index contributed by atoms with van der Waals surface area (Å²) in [5, 5.41) is 8.94. The molecule has 0 radical (unpaired) electrons. The summed E-state index contributed by atoms with van der Waals surface area (Å²) in [4.78, 5) is -0.355. The summed E-state index contributed by atoms with van der Waals surface area (Å²) >= 11 is 0. The Kier molecular flexibility index (Phi) is 5.01. The van der Waals surface area contributed by atoms with Gasteiger partial charge in [0.15, 0.2) is 0 Å². The van der Waals surface area contributed by atoms with Gasteiger partial charge in [0, 0.05) is 6.04 Å². The Balaban J connectivity index is 2.19. The minimum Gasteiger partial charge on any atom is -0.392 e.